The van der Waals surface area contributed by atoms with Gasteiger partial charge < -0.3 is 10.2 Å². The van der Waals surface area contributed by atoms with Gasteiger partial charge in [-0.1, -0.05) is 23.2 Å². The Hall–Kier alpha value is -2.62. The average Bonchev–Trinajstić information content (AvgIpc) is 2.60. The molecule has 0 fully saturated rings. The number of carbonyl (C=O) groups is 2. The van der Waals surface area contributed by atoms with Crippen LogP contribution < -0.4 is 0 Å². The summed E-state index contributed by atoms with van der Waals surface area (Å²) in [4.78, 5) is 22.8. The van der Waals surface area contributed by atoms with Crippen molar-refractivity contribution in [3.8, 4) is 11.8 Å². The smallest absolute Gasteiger partial charge is 0.303 e. The molecule has 0 unspecified atom stereocenters. The molecule has 0 aliphatic heterocycles. The van der Waals surface area contributed by atoms with E-state index in [2.05, 4.69) is 0 Å². The Morgan fingerprint density at radius 3 is 2.50 bits per heavy atom. The molecule has 5 nitrogen and oxygen atoms in total. The fourth-order valence-electron chi connectivity index (χ4n) is 2.38. The zero-order valence-electron chi connectivity index (χ0n) is 13.2. The normalized spacial score (nSPS) is 10.4. The molecular formula is C18H12Cl2FNO4. The van der Waals surface area contributed by atoms with Gasteiger partial charge in [0.15, 0.2) is 5.78 Å². The van der Waals surface area contributed by atoms with E-state index >= 15 is 0 Å². The number of phenols is 1. The molecule has 0 atom stereocenters. The van der Waals surface area contributed by atoms with Crippen LogP contribution in [0.3, 0.4) is 0 Å². The van der Waals surface area contributed by atoms with Crippen LogP contribution in [-0.4, -0.2) is 22.0 Å². The number of nitriles is 1. The minimum atomic E-state index is -1.16. The maximum Gasteiger partial charge on any atom is 0.303 e. The molecule has 2 N–H and O–H groups in total. The zero-order valence-corrected chi connectivity index (χ0v) is 14.7. The quantitative estimate of drug-likeness (QED) is 0.559. The van der Waals surface area contributed by atoms with Gasteiger partial charge in [0, 0.05) is 17.9 Å². The molecule has 26 heavy (non-hydrogen) atoms. The third-order valence-corrected chi connectivity index (χ3v) is 4.44. The third kappa shape index (κ3) is 4.31. The minimum Gasteiger partial charge on any atom is -0.506 e. The number of Topliss-reactive ketones (excluding diaryl/α,β-unsaturated/α-hetero) is 1. The van der Waals surface area contributed by atoms with Gasteiger partial charge in [0.1, 0.15) is 17.6 Å². The van der Waals surface area contributed by atoms with Crippen LogP contribution in [0.2, 0.25) is 10.0 Å². The molecule has 0 saturated heterocycles. The first kappa shape index (κ1) is 19.7. The summed E-state index contributed by atoms with van der Waals surface area (Å²) >= 11 is 12.0. The van der Waals surface area contributed by atoms with Crippen LogP contribution in [0, 0.1) is 17.1 Å². The van der Waals surface area contributed by atoms with Crippen LogP contribution >= 0.6 is 23.2 Å². The summed E-state index contributed by atoms with van der Waals surface area (Å²) in [6.07, 6.45) is -0.728. The summed E-state index contributed by atoms with van der Waals surface area (Å²) in [6, 6.07) is 6.87. The van der Waals surface area contributed by atoms with Gasteiger partial charge in [-0.15, -0.1) is 0 Å². The topological polar surface area (TPSA) is 98.4 Å². The largest absolute Gasteiger partial charge is 0.506 e. The first-order valence-electron chi connectivity index (χ1n) is 7.38. The number of carboxylic acids is 1. The predicted octanol–water partition coefficient (Wildman–Crippen LogP) is 4.35. The highest BCUT2D eigenvalue weighted by Crippen LogP contribution is 2.32. The van der Waals surface area contributed by atoms with Gasteiger partial charge in [0.25, 0.3) is 0 Å². The Kier molecular flexibility index (Phi) is 6.19. The van der Waals surface area contributed by atoms with E-state index in [1.807, 2.05) is 0 Å². The van der Waals surface area contributed by atoms with Crippen molar-refractivity contribution in [2.75, 3.05) is 0 Å². The first-order valence-corrected chi connectivity index (χ1v) is 8.13. The van der Waals surface area contributed by atoms with E-state index in [9.17, 15) is 19.1 Å². The maximum absolute atomic E-state index is 13.7. The molecule has 0 spiro atoms. The highest BCUT2D eigenvalue weighted by molar-refractivity contribution is 6.36. The van der Waals surface area contributed by atoms with Crippen molar-refractivity contribution >= 4 is 35.0 Å². The maximum atomic E-state index is 13.7. The van der Waals surface area contributed by atoms with Crippen LogP contribution in [0.1, 0.15) is 39.9 Å². The Balaban J connectivity index is 2.46. The molecule has 0 aliphatic carbocycles. The van der Waals surface area contributed by atoms with E-state index in [-0.39, 0.29) is 39.6 Å². The molecule has 8 heteroatoms. The van der Waals surface area contributed by atoms with E-state index in [0.717, 1.165) is 6.07 Å². The minimum absolute atomic E-state index is 0.0175. The van der Waals surface area contributed by atoms with Crippen molar-refractivity contribution in [3.05, 3.63) is 62.4 Å². The van der Waals surface area contributed by atoms with Crippen molar-refractivity contribution in [1.82, 2.24) is 0 Å². The van der Waals surface area contributed by atoms with Gasteiger partial charge in [0.2, 0.25) is 0 Å². The fourth-order valence-corrected chi connectivity index (χ4v) is 2.89. The highest BCUT2D eigenvalue weighted by atomic mass is 35.5. The lowest BCUT2D eigenvalue weighted by Gasteiger charge is -2.11. The molecule has 0 aromatic heterocycles. The number of hydrogen-bond donors (Lipinski definition) is 2. The SMILES string of the molecule is N#Cc1cc(Cc2c(Cl)ccc(F)c2Cl)cc(C(=O)CCC(=O)O)c1O. The first-order chi connectivity index (χ1) is 12.2. The number of benzene rings is 2. The summed E-state index contributed by atoms with van der Waals surface area (Å²) in [6.45, 7) is 0. The van der Waals surface area contributed by atoms with E-state index in [0.29, 0.717) is 5.56 Å². The lowest BCUT2D eigenvalue weighted by atomic mass is 9.95. The van der Waals surface area contributed by atoms with E-state index in [1.54, 1.807) is 6.07 Å². The van der Waals surface area contributed by atoms with Crippen LogP contribution in [-0.2, 0) is 11.2 Å². The molecule has 0 heterocycles. The Bertz CT molecular complexity index is 938. The molecule has 0 saturated carbocycles. The van der Waals surface area contributed by atoms with Crippen LogP contribution in [0.5, 0.6) is 5.75 Å². The van der Waals surface area contributed by atoms with Gasteiger partial charge in [-0.25, -0.2) is 4.39 Å². The van der Waals surface area contributed by atoms with Crippen LogP contribution in [0.25, 0.3) is 0 Å². The number of phenolic OH excluding ortho intramolecular Hbond substituents is 1. The summed E-state index contributed by atoms with van der Waals surface area (Å²) in [7, 11) is 0. The summed E-state index contributed by atoms with van der Waals surface area (Å²) < 4.78 is 13.7. The molecule has 0 amide bonds. The van der Waals surface area contributed by atoms with Crippen molar-refractivity contribution in [1.29, 1.82) is 5.26 Å². The molecule has 0 radical (unpaired) electrons. The van der Waals surface area contributed by atoms with E-state index in [1.165, 1.54) is 18.2 Å². The number of aromatic hydroxyl groups is 1. The summed E-state index contributed by atoms with van der Waals surface area (Å²) in [5, 5.41) is 27.9. The summed E-state index contributed by atoms with van der Waals surface area (Å²) in [5.74, 6) is -2.97. The van der Waals surface area contributed by atoms with Crippen molar-refractivity contribution in [2.45, 2.75) is 19.3 Å². The molecule has 2 rings (SSSR count). The number of halogens is 3. The second-order valence-corrected chi connectivity index (χ2v) is 6.25. The van der Waals surface area contributed by atoms with Crippen molar-refractivity contribution in [2.24, 2.45) is 0 Å². The fraction of sp³-hybridized carbons (Fsp3) is 0.167. The number of aliphatic carboxylic acids is 1. The Labute approximate surface area is 158 Å². The highest BCUT2D eigenvalue weighted by Gasteiger charge is 2.19. The second kappa shape index (κ2) is 8.17. The van der Waals surface area contributed by atoms with Gasteiger partial charge in [-0.05, 0) is 35.4 Å². The average molecular weight is 396 g/mol. The molecule has 0 aliphatic rings. The van der Waals surface area contributed by atoms with E-state index < -0.39 is 29.7 Å². The van der Waals surface area contributed by atoms with Crippen LogP contribution in [0.4, 0.5) is 4.39 Å². The number of hydrogen-bond acceptors (Lipinski definition) is 4. The number of nitrogens with zero attached hydrogens (tertiary/aromatic N) is 1. The molecule has 2 aromatic rings. The number of carboxylic acid groups (broad SMARTS) is 1. The predicted molar refractivity (Wildman–Crippen MR) is 93.2 cm³/mol. The number of rotatable bonds is 6. The number of carbonyl (C=O) groups excluding carboxylic acids is 1. The van der Waals surface area contributed by atoms with Gasteiger partial charge in [0.05, 0.1) is 22.6 Å². The molecule has 134 valence electrons. The Morgan fingerprint density at radius 1 is 1.19 bits per heavy atom. The lowest BCUT2D eigenvalue weighted by Crippen LogP contribution is -2.06. The standard InChI is InChI=1S/C18H12Cl2FNO4/c19-13-1-2-14(21)17(20)11(13)6-9-5-10(8-22)18(26)12(7-9)15(23)3-4-16(24)25/h1-2,5,7,26H,3-4,6H2,(H,24,25). The number of ketones is 1. The molecular weight excluding hydrogens is 384 g/mol. The molecule has 2 aromatic carbocycles. The monoisotopic (exact) mass is 395 g/mol. The zero-order chi connectivity index (χ0) is 19.4. The molecule has 0 bridgehead atoms. The lowest BCUT2D eigenvalue weighted by molar-refractivity contribution is -0.136. The Morgan fingerprint density at radius 2 is 1.88 bits per heavy atom. The van der Waals surface area contributed by atoms with Gasteiger partial charge in [-0.2, -0.15) is 5.26 Å². The third-order valence-electron chi connectivity index (χ3n) is 3.68. The summed E-state index contributed by atoms with van der Waals surface area (Å²) in [5.41, 5.74) is 0.327. The van der Waals surface area contributed by atoms with Crippen LogP contribution in [0.15, 0.2) is 24.3 Å². The van der Waals surface area contributed by atoms with Crippen molar-refractivity contribution in [3.63, 3.8) is 0 Å². The van der Waals surface area contributed by atoms with Crippen molar-refractivity contribution < 1.29 is 24.2 Å². The second-order valence-electron chi connectivity index (χ2n) is 5.47. The van der Waals surface area contributed by atoms with Gasteiger partial charge in [-0.3, -0.25) is 9.59 Å². The van der Waals surface area contributed by atoms with E-state index in [4.69, 9.17) is 33.6 Å². The van der Waals surface area contributed by atoms with Gasteiger partial charge >= 0.3 is 5.97 Å².